The Morgan fingerprint density at radius 3 is 2.33 bits per heavy atom. The number of fused-ring (bicyclic) bond motifs is 1. The average molecular weight is 480 g/mol. The van der Waals surface area contributed by atoms with Crippen LogP contribution in [0.1, 0.15) is 54.7 Å². The molecular formula is C24H24F3NO4S. The van der Waals surface area contributed by atoms with Crippen LogP contribution in [0.3, 0.4) is 0 Å². The van der Waals surface area contributed by atoms with Crippen molar-refractivity contribution in [2.75, 3.05) is 0 Å². The Bertz CT molecular complexity index is 1170. The Kier molecular flexibility index (Phi) is 7.31. The number of halogens is 3. The number of thiophene rings is 1. The minimum absolute atomic E-state index is 0.118. The second kappa shape index (κ2) is 9.82. The number of carboxylic acids is 1. The van der Waals surface area contributed by atoms with Crippen molar-refractivity contribution in [3.8, 4) is 5.75 Å². The van der Waals surface area contributed by atoms with E-state index >= 15 is 0 Å². The first-order chi connectivity index (χ1) is 15.5. The predicted octanol–water partition coefficient (Wildman–Crippen LogP) is 6.71. The molecule has 0 fully saturated rings. The highest BCUT2D eigenvalue weighted by atomic mass is 32.1. The number of carbonyl (C=O) groups is 1. The van der Waals surface area contributed by atoms with E-state index in [0.29, 0.717) is 34.6 Å². The molecule has 3 aromatic rings. The molecule has 0 amide bonds. The summed E-state index contributed by atoms with van der Waals surface area (Å²) in [4.78, 5) is 11.9. The van der Waals surface area contributed by atoms with Crippen LogP contribution >= 0.6 is 11.3 Å². The lowest BCUT2D eigenvalue weighted by molar-refractivity contribution is -0.144. The van der Waals surface area contributed by atoms with Gasteiger partial charge in [0.25, 0.3) is 0 Å². The van der Waals surface area contributed by atoms with Gasteiger partial charge in [-0.25, -0.2) is 4.79 Å². The third-order valence-corrected chi connectivity index (χ3v) is 6.50. The van der Waals surface area contributed by atoms with Gasteiger partial charge in [-0.2, -0.15) is 13.2 Å². The zero-order chi connectivity index (χ0) is 24.3. The Balaban J connectivity index is 1.82. The molecule has 3 rings (SSSR count). The van der Waals surface area contributed by atoms with E-state index in [9.17, 15) is 23.2 Å². The van der Waals surface area contributed by atoms with Crippen molar-refractivity contribution in [1.29, 1.82) is 0 Å². The SMILES string of the molecule is CC(Oc1ccc(C(CCc2sc3cc(C(F)(F)F)ccc3c2C(C)C)=NO)cc1)C(=O)O. The number of oxime groups is 1. The summed E-state index contributed by atoms with van der Waals surface area (Å²) in [6, 6.07) is 10.4. The second-order valence-electron chi connectivity index (χ2n) is 7.97. The third kappa shape index (κ3) is 5.65. The molecule has 0 saturated heterocycles. The van der Waals surface area contributed by atoms with E-state index in [1.807, 2.05) is 13.8 Å². The summed E-state index contributed by atoms with van der Waals surface area (Å²) in [5, 5.41) is 22.7. The molecule has 0 bridgehead atoms. The molecule has 1 atom stereocenters. The first-order valence-electron chi connectivity index (χ1n) is 10.3. The van der Waals surface area contributed by atoms with Gasteiger partial charge < -0.3 is 15.1 Å². The smallest absolute Gasteiger partial charge is 0.416 e. The van der Waals surface area contributed by atoms with E-state index in [-0.39, 0.29) is 5.92 Å². The summed E-state index contributed by atoms with van der Waals surface area (Å²) in [5.41, 5.74) is 1.39. The van der Waals surface area contributed by atoms with E-state index in [1.165, 1.54) is 30.4 Å². The number of carboxylic acid groups (broad SMARTS) is 1. The van der Waals surface area contributed by atoms with Crippen molar-refractivity contribution in [3.63, 3.8) is 0 Å². The number of hydrogen-bond donors (Lipinski definition) is 2. The maximum atomic E-state index is 13.1. The van der Waals surface area contributed by atoms with Gasteiger partial charge in [0.2, 0.25) is 0 Å². The molecule has 0 aliphatic heterocycles. The second-order valence-corrected chi connectivity index (χ2v) is 9.11. The molecule has 33 heavy (non-hydrogen) atoms. The van der Waals surface area contributed by atoms with Gasteiger partial charge in [-0.1, -0.05) is 25.1 Å². The van der Waals surface area contributed by atoms with Crippen molar-refractivity contribution in [3.05, 3.63) is 64.0 Å². The molecule has 5 nitrogen and oxygen atoms in total. The van der Waals surface area contributed by atoms with Crippen molar-refractivity contribution in [2.45, 2.75) is 51.8 Å². The molecule has 0 aliphatic carbocycles. The Hall–Kier alpha value is -3.07. The highest BCUT2D eigenvalue weighted by molar-refractivity contribution is 7.19. The highest BCUT2D eigenvalue weighted by Gasteiger charge is 2.31. The molecule has 0 saturated carbocycles. The van der Waals surface area contributed by atoms with Gasteiger partial charge in [0, 0.05) is 9.58 Å². The quantitative estimate of drug-likeness (QED) is 0.214. The van der Waals surface area contributed by atoms with Crippen LogP contribution < -0.4 is 4.74 Å². The Labute approximate surface area is 193 Å². The number of nitrogens with zero attached hydrogens (tertiary/aromatic N) is 1. The number of ether oxygens (including phenoxy) is 1. The molecule has 0 radical (unpaired) electrons. The van der Waals surface area contributed by atoms with E-state index in [2.05, 4.69) is 5.16 Å². The summed E-state index contributed by atoms with van der Waals surface area (Å²) in [6.45, 7) is 5.42. The zero-order valence-electron chi connectivity index (χ0n) is 18.3. The molecule has 0 aliphatic rings. The van der Waals surface area contributed by atoms with Crippen LogP contribution in [-0.4, -0.2) is 28.1 Å². The van der Waals surface area contributed by atoms with Crippen molar-refractivity contribution in [1.82, 2.24) is 0 Å². The van der Waals surface area contributed by atoms with Gasteiger partial charge in [0.15, 0.2) is 6.10 Å². The van der Waals surface area contributed by atoms with Crippen LogP contribution in [0, 0.1) is 0 Å². The third-order valence-electron chi connectivity index (χ3n) is 5.27. The molecule has 1 aromatic heterocycles. The summed E-state index contributed by atoms with van der Waals surface area (Å²) in [5.74, 6) is -0.589. The van der Waals surface area contributed by atoms with Crippen LogP contribution in [-0.2, 0) is 17.4 Å². The normalized spacial score (nSPS) is 13.5. The maximum absolute atomic E-state index is 13.1. The van der Waals surface area contributed by atoms with E-state index in [4.69, 9.17) is 9.84 Å². The zero-order valence-corrected chi connectivity index (χ0v) is 19.1. The summed E-state index contributed by atoms with van der Waals surface area (Å²) in [7, 11) is 0. The van der Waals surface area contributed by atoms with Gasteiger partial charge in [0.05, 0.1) is 11.3 Å². The maximum Gasteiger partial charge on any atom is 0.416 e. The first kappa shape index (κ1) is 24.6. The Morgan fingerprint density at radius 2 is 1.79 bits per heavy atom. The van der Waals surface area contributed by atoms with Crippen molar-refractivity contribution < 1.29 is 33.0 Å². The molecule has 9 heteroatoms. The minimum atomic E-state index is -4.40. The Morgan fingerprint density at radius 1 is 1.12 bits per heavy atom. The fourth-order valence-electron chi connectivity index (χ4n) is 3.63. The van der Waals surface area contributed by atoms with Gasteiger partial charge >= 0.3 is 12.1 Å². The lowest BCUT2D eigenvalue weighted by Crippen LogP contribution is -2.22. The monoisotopic (exact) mass is 479 g/mol. The largest absolute Gasteiger partial charge is 0.479 e. The van der Waals surface area contributed by atoms with Crippen LogP contribution in [0.4, 0.5) is 13.2 Å². The predicted molar refractivity (Wildman–Crippen MR) is 122 cm³/mol. The average Bonchev–Trinajstić information content (AvgIpc) is 3.12. The lowest BCUT2D eigenvalue weighted by Gasteiger charge is -2.12. The van der Waals surface area contributed by atoms with Crippen LogP contribution in [0.25, 0.3) is 10.1 Å². The lowest BCUT2D eigenvalue weighted by atomic mass is 9.96. The number of aliphatic carboxylic acids is 1. The first-order valence-corrected chi connectivity index (χ1v) is 11.2. The standard InChI is InChI=1S/C24H24F3NO4S/c1-13(2)22-18-9-6-16(24(25,26)27)12-21(18)33-20(22)11-10-19(28-31)15-4-7-17(8-5-15)32-14(3)23(29)30/h4-9,12-14,31H,10-11H2,1-3H3,(H,29,30). The van der Waals surface area contributed by atoms with E-state index in [0.717, 1.165) is 21.9 Å². The van der Waals surface area contributed by atoms with E-state index < -0.39 is 23.8 Å². The fourth-order valence-corrected chi connectivity index (χ4v) is 5.03. The molecule has 1 heterocycles. The number of alkyl halides is 3. The number of benzene rings is 2. The molecule has 2 aromatic carbocycles. The molecule has 2 N–H and O–H groups in total. The van der Waals surface area contributed by atoms with Gasteiger partial charge in [-0.15, -0.1) is 11.3 Å². The molecular weight excluding hydrogens is 455 g/mol. The van der Waals surface area contributed by atoms with Crippen LogP contribution in [0.2, 0.25) is 0 Å². The summed E-state index contributed by atoms with van der Waals surface area (Å²) >= 11 is 1.33. The van der Waals surface area contributed by atoms with Crippen molar-refractivity contribution >= 4 is 33.1 Å². The number of hydrogen-bond acceptors (Lipinski definition) is 5. The van der Waals surface area contributed by atoms with Crippen LogP contribution in [0.5, 0.6) is 5.75 Å². The van der Waals surface area contributed by atoms with Crippen LogP contribution in [0.15, 0.2) is 47.6 Å². The summed E-state index contributed by atoms with van der Waals surface area (Å²) < 4.78 is 45.3. The number of aryl methyl sites for hydroxylation is 1. The summed E-state index contributed by atoms with van der Waals surface area (Å²) in [6.07, 6.45) is -4.52. The highest BCUT2D eigenvalue weighted by Crippen LogP contribution is 2.40. The number of rotatable bonds is 8. The fraction of sp³-hybridized carbons (Fsp3) is 0.333. The molecule has 1 unspecified atom stereocenters. The van der Waals surface area contributed by atoms with Gasteiger partial charge in [-0.3, -0.25) is 0 Å². The minimum Gasteiger partial charge on any atom is -0.479 e. The van der Waals surface area contributed by atoms with E-state index in [1.54, 1.807) is 24.3 Å². The van der Waals surface area contributed by atoms with Crippen molar-refractivity contribution in [2.24, 2.45) is 5.16 Å². The molecule has 0 spiro atoms. The van der Waals surface area contributed by atoms with Gasteiger partial charge in [0.1, 0.15) is 5.75 Å². The van der Waals surface area contributed by atoms with Gasteiger partial charge in [-0.05, 0) is 78.6 Å². The molecule has 176 valence electrons. The topological polar surface area (TPSA) is 79.1 Å².